The maximum absolute atomic E-state index is 11.7. The van der Waals surface area contributed by atoms with Crippen molar-refractivity contribution in [2.75, 3.05) is 13.6 Å². The summed E-state index contributed by atoms with van der Waals surface area (Å²) in [4.78, 5) is 14.8. The highest BCUT2D eigenvalue weighted by atomic mass is 32.1. The standard InChI is InChI=1S/C11H15NOS/c1-12(9-4-2-5-9)8-10(13)11-6-3-7-14-11/h3,6-7,9H,2,4-5,8H2,1H3. The van der Waals surface area contributed by atoms with Crippen LogP contribution in [0, 0.1) is 0 Å². The third kappa shape index (κ3) is 2.04. The number of nitrogens with zero attached hydrogens (tertiary/aromatic N) is 1. The lowest BCUT2D eigenvalue weighted by molar-refractivity contribution is 0.0874. The van der Waals surface area contributed by atoms with Crippen molar-refractivity contribution >= 4 is 17.1 Å². The first-order chi connectivity index (χ1) is 6.77. The molecule has 0 spiro atoms. The molecule has 0 N–H and O–H groups in total. The quantitative estimate of drug-likeness (QED) is 0.710. The maximum atomic E-state index is 11.7. The monoisotopic (exact) mass is 209 g/mol. The Kier molecular flexibility index (Phi) is 2.99. The van der Waals surface area contributed by atoms with Gasteiger partial charge in [-0.05, 0) is 31.3 Å². The smallest absolute Gasteiger partial charge is 0.186 e. The summed E-state index contributed by atoms with van der Waals surface area (Å²) in [5, 5.41) is 1.95. The zero-order valence-electron chi connectivity index (χ0n) is 8.40. The Hall–Kier alpha value is -0.670. The van der Waals surface area contributed by atoms with Gasteiger partial charge in [0.1, 0.15) is 0 Å². The first kappa shape index (κ1) is 9.87. The second kappa shape index (κ2) is 4.24. The molecule has 1 aromatic rings. The van der Waals surface area contributed by atoms with Crippen molar-refractivity contribution in [3.63, 3.8) is 0 Å². The van der Waals surface area contributed by atoms with Crippen molar-refractivity contribution in [3.8, 4) is 0 Å². The molecule has 0 aliphatic heterocycles. The maximum Gasteiger partial charge on any atom is 0.186 e. The van der Waals surface area contributed by atoms with E-state index in [4.69, 9.17) is 0 Å². The second-order valence-corrected chi connectivity index (χ2v) is 4.85. The van der Waals surface area contributed by atoms with Crippen LogP contribution >= 0.6 is 11.3 Å². The molecule has 1 saturated carbocycles. The molecule has 0 aromatic carbocycles. The fourth-order valence-corrected chi connectivity index (χ4v) is 2.36. The summed E-state index contributed by atoms with van der Waals surface area (Å²) in [6, 6.07) is 4.49. The van der Waals surface area contributed by atoms with E-state index >= 15 is 0 Å². The van der Waals surface area contributed by atoms with E-state index in [0.717, 1.165) is 4.88 Å². The fourth-order valence-electron chi connectivity index (χ4n) is 1.70. The van der Waals surface area contributed by atoms with Crippen molar-refractivity contribution in [1.29, 1.82) is 0 Å². The molecule has 0 bridgehead atoms. The molecule has 0 radical (unpaired) electrons. The Morgan fingerprint density at radius 1 is 1.64 bits per heavy atom. The van der Waals surface area contributed by atoms with E-state index < -0.39 is 0 Å². The summed E-state index contributed by atoms with van der Waals surface area (Å²) in [6.45, 7) is 0.575. The van der Waals surface area contributed by atoms with Crippen LogP contribution in [0.5, 0.6) is 0 Å². The highest BCUT2D eigenvalue weighted by molar-refractivity contribution is 7.12. The summed E-state index contributed by atoms with van der Waals surface area (Å²) in [5.41, 5.74) is 0. The van der Waals surface area contributed by atoms with Gasteiger partial charge in [-0.15, -0.1) is 11.3 Å². The van der Waals surface area contributed by atoms with Crippen LogP contribution in [0.1, 0.15) is 28.9 Å². The van der Waals surface area contributed by atoms with E-state index in [0.29, 0.717) is 12.6 Å². The average Bonchev–Trinajstić information content (AvgIpc) is 2.51. The van der Waals surface area contributed by atoms with Gasteiger partial charge in [0, 0.05) is 6.04 Å². The molecule has 0 atom stereocenters. The Morgan fingerprint density at radius 3 is 2.93 bits per heavy atom. The van der Waals surface area contributed by atoms with E-state index in [1.807, 2.05) is 17.5 Å². The average molecular weight is 209 g/mol. The molecule has 0 amide bonds. The topological polar surface area (TPSA) is 20.3 Å². The molecule has 1 fully saturated rings. The van der Waals surface area contributed by atoms with Crippen molar-refractivity contribution in [3.05, 3.63) is 22.4 Å². The Morgan fingerprint density at radius 2 is 2.43 bits per heavy atom. The molecule has 0 unspecified atom stereocenters. The lowest BCUT2D eigenvalue weighted by atomic mass is 9.92. The van der Waals surface area contributed by atoms with Crippen molar-refractivity contribution < 1.29 is 4.79 Å². The number of thiophene rings is 1. The molecule has 14 heavy (non-hydrogen) atoms. The van der Waals surface area contributed by atoms with Gasteiger partial charge in [0.2, 0.25) is 0 Å². The minimum Gasteiger partial charge on any atom is -0.296 e. The third-order valence-electron chi connectivity index (χ3n) is 2.89. The predicted molar refractivity (Wildman–Crippen MR) is 58.9 cm³/mol. The molecule has 1 aliphatic rings. The summed E-state index contributed by atoms with van der Waals surface area (Å²) in [6.07, 6.45) is 3.84. The molecule has 2 nitrogen and oxygen atoms in total. The van der Waals surface area contributed by atoms with Gasteiger partial charge in [-0.25, -0.2) is 0 Å². The van der Waals surface area contributed by atoms with Gasteiger partial charge in [0.05, 0.1) is 11.4 Å². The molecule has 1 heterocycles. The summed E-state index contributed by atoms with van der Waals surface area (Å²) >= 11 is 1.53. The zero-order chi connectivity index (χ0) is 9.97. The number of hydrogen-bond acceptors (Lipinski definition) is 3. The van der Waals surface area contributed by atoms with E-state index in [-0.39, 0.29) is 5.78 Å². The molecular formula is C11H15NOS. The molecule has 76 valence electrons. The van der Waals surface area contributed by atoms with Crippen LogP contribution in [0.2, 0.25) is 0 Å². The normalized spacial score (nSPS) is 17.0. The van der Waals surface area contributed by atoms with E-state index in [9.17, 15) is 4.79 Å². The third-order valence-corrected chi connectivity index (χ3v) is 3.80. The Labute approximate surface area is 88.5 Å². The minimum atomic E-state index is 0.259. The van der Waals surface area contributed by atoms with E-state index in [2.05, 4.69) is 11.9 Å². The number of rotatable bonds is 4. The van der Waals surface area contributed by atoms with Gasteiger partial charge >= 0.3 is 0 Å². The van der Waals surface area contributed by atoms with Crippen LogP contribution in [-0.4, -0.2) is 30.3 Å². The molecule has 3 heteroatoms. The molecule has 2 rings (SSSR count). The number of likely N-dealkylation sites (N-methyl/N-ethyl adjacent to an activating group) is 1. The van der Waals surface area contributed by atoms with Crippen LogP contribution in [0.4, 0.5) is 0 Å². The van der Waals surface area contributed by atoms with Gasteiger partial charge in [-0.1, -0.05) is 12.5 Å². The van der Waals surface area contributed by atoms with Crippen molar-refractivity contribution in [1.82, 2.24) is 4.90 Å². The molecule has 1 aromatic heterocycles. The van der Waals surface area contributed by atoms with E-state index in [1.54, 1.807) is 0 Å². The molecular weight excluding hydrogens is 194 g/mol. The van der Waals surface area contributed by atoms with Crippen LogP contribution < -0.4 is 0 Å². The lowest BCUT2D eigenvalue weighted by Crippen LogP contribution is -2.40. The van der Waals surface area contributed by atoms with Crippen LogP contribution in [0.3, 0.4) is 0 Å². The van der Waals surface area contributed by atoms with Gasteiger partial charge in [-0.3, -0.25) is 9.69 Å². The fraction of sp³-hybridized carbons (Fsp3) is 0.545. The van der Waals surface area contributed by atoms with Crippen LogP contribution in [0.25, 0.3) is 0 Å². The zero-order valence-corrected chi connectivity index (χ0v) is 9.22. The predicted octanol–water partition coefficient (Wildman–Crippen LogP) is 2.42. The minimum absolute atomic E-state index is 0.259. The Bertz CT molecular complexity index is 303. The van der Waals surface area contributed by atoms with E-state index in [1.165, 1.54) is 30.6 Å². The van der Waals surface area contributed by atoms with Gasteiger partial charge in [0.15, 0.2) is 5.78 Å². The first-order valence-corrected chi connectivity index (χ1v) is 5.92. The number of Topliss-reactive ketones (excluding diaryl/α,β-unsaturated/α-hetero) is 1. The van der Waals surface area contributed by atoms with Crippen LogP contribution in [0.15, 0.2) is 17.5 Å². The van der Waals surface area contributed by atoms with Crippen molar-refractivity contribution in [2.45, 2.75) is 25.3 Å². The number of carbonyl (C=O) groups is 1. The van der Waals surface area contributed by atoms with Gasteiger partial charge in [0.25, 0.3) is 0 Å². The summed E-state index contributed by atoms with van der Waals surface area (Å²) in [7, 11) is 2.05. The second-order valence-electron chi connectivity index (χ2n) is 3.90. The molecule has 0 saturated heterocycles. The SMILES string of the molecule is CN(CC(=O)c1cccs1)C1CCC1. The number of hydrogen-bond donors (Lipinski definition) is 0. The summed E-state index contributed by atoms with van der Waals surface area (Å²) in [5.74, 6) is 0.259. The number of ketones is 1. The highest BCUT2D eigenvalue weighted by Gasteiger charge is 2.23. The summed E-state index contributed by atoms with van der Waals surface area (Å²) < 4.78 is 0. The highest BCUT2D eigenvalue weighted by Crippen LogP contribution is 2.23. The van der Waals surface area contributed by atoms with Crippen LogP contribution in [-0.2, 0) is 0 Å². The first-order valence-electron chi connectivity index (χ1n) is 5.04. The lowest BCUT2D eigenvalue weighted by Gasteiger charge is -2.34. The van der Waals surface area contributed by atoms with Gasteiger partial charge < -0.3 is 0 Å². The molecule has 1 aliphatic carbocycles. The Balaban J connectivity index is 1.87. The van der Waals surface area contributed by atoms with Gasteiger partial charge in [-0.2, -0.15) is 0 Å². The largest absolute Gasteiger partial charge is 0.296 e. The number of carbonyl (C=O) groups excluding carboxylic acids is 1. The van der Waals surface area contributed by atoms with Crippen molar-refractivity contribution in [2.24, 2.45) is 0 Å².